The fourth-order valence-corrected chi connectivity index (χ4v) is 5.38. The van der Waals surface area contributed by atoms with Crippen LogP contribution in [-0.2, 0) is 9.59 Å². The first-order valence-corrected chi connectivity index (χ1v) is 10.6. The number of hydrogen-bond donors (Lipinski definition) is 2. The summed E-state index contributed by atoms with van der Waals surface area (Å²) in [6, 6.07) is 0.619. The van der Waals surface area contributed by atoms with Gasteiger partial charge in [-0.15, -0.1) is 0 Å². The van der Waals surface area contributed by atoms with Crippen LogP contribution in [0.25, 0.3) is 0 Å². The maximum absolute atomic E-state index is 12.2. The highest BCUT2D eigenvalue weighted by molar-refractivity contribution is 8.00. The molecule has 0 aromatic heterocycles. The van der Waals surface area contributed by atoms with Crippen LogP contribution in [0.4, 0.5) is 4.79 Å². The third-order valence-electron chi connectivity index (χ3n) is 5.33. The van der Waals surface area contributed by atoms with Crippen molar-refractivity contribution in [3.63, 3.8) is 0 Å². The van der Waals surface area contributed by atoms with Crippen molar-refractivity contribution < 1.29 is 14.4 Å². The third kappa shape index (κ3) is 5.79. The second kappa shape index (κ2) is 10.0. The second-order valence-corrected chi connectivity index (χ2v) is 8.64. The van der Waals surface area contributed by atoms with Crippen LogP contribution < -0.4 is 11.1 Å². The van der Waals surface area contributed by atoms with E-state index in [9.17, 15) is 14.4 Å². The Hall–Kier alpha value is -1.44. The number of fused-ring (bicyclic) bond motifs is 1. The lowest BCUT2D eigenvalue weighted by atomic mass is 10.0. The molecule has 2 fully saturated rings. The minimum absolute atomic E-state index is 0.0398. The zero-order chi connectivity index (χ0) is 19.1. The summed E-state index contributed by atoms with van der Waals surface area (Å²) in [5, 5.41) is 3.51. The number of rotatable bonds is 11. The zero-order valence-electron chi connectivity index (χ0n) is 15.9. The number of thioether (sulfide) groups is 1. The molecule has 8 heteroatoms. The minimum atomic E-state index is -0.259. The standard InChI is InChI=1S/C18H32N4O3S/c1-21(11-7-3-4-9-15(19)23)16(24)10-6-5-8-14-17-13(12-26-14)20-18(25)22(17)2/h13-14,17H,3-12H2,1-2H3,(H2,19,23)(H,20,25)/t13-,14-,17-/m0/s1. The third-order valence-corrected chi connectivity index (χ3v) is 6.83. The Morgan fingerprint density at radius 1 is 1.23 bits per heavy atom. The summed E-state index contributed by atoms with van der Waals surface area (Å²) < 4.78 is 0. The van der Waals surface area contributed by atoms with E-state index >= 15 is 0 Å². The summed E-state index contributed by atoms with van der Waals surface area (Å²) in [5.74, 6) is 0.917. The molecule has 2 saturated heterocycles. The van der Waals surface area contributed by atoms with Gasteiger partial charge < -0.3 is 20.9 Å². The largest absolute Gasteiger partial charge is 0.370 e. The molecule has 0 radical (unpaired) electrons. The van der Waals surface area contributed by atoms with Gasteiger partial charge >= 0.3 is 6.03 Å². The average Bonchev–Trinajstić information content (AvgIpc) is 3.11. The Morgan fingerprint density at radius 2 is 1.96 bits per heavy atom. The number of carbonyl (C=O) groups is 3. The predicted molar refractivity (Wildman–Crippen MR) is 104 cm³/mol. The van der Waals surface area contributed by atoms with Crippen molar-refractivity contribution in [2.75, 3.05) is 26.4 Å². The van der Waals surface area contributed by atoms with E-state index < -0.39 is 0 Å². The van der Waals surface area contributed by atoms with Crippen LogP contribution in [0.1, 0.15) is 51.4 Å². The van der Waals surface area contributed by atoms with Gasteiger partial charge in [0.1, 0.15) is 0 Å². The highest BCUT2D eigenvalue weighted by atomic mass is 32.2. The number of unbranched alkanes of at least 4 members (excludes halogenated alkanes) is 3. The number of nitrogens with one attached hydrogen (secondary N) is 1. The fourth-order valence-electron chi connectivity index (χ4n) is 3.74. The Bertz CT molecular complexity index is 517. The maximum Gasteiger partial charge on any atom is 0.317 e. The number of primary amides is 1. The van der Waals surface area contributed by atoms with Crippen molar-refractivity contribution in [2.24, 2.45) is 5.73 Å². The molecule has 0 saturated carbocycles. The van der Waals surface area contributed by atoms with Gasteiger partial charge in [0.25, 0.3) is 0 Å². The van der Waals surface area contributed by atoms with Crippen LogP contribution in [0.15, 0.2) is 0 Å². The molecule has 0 aromatic carbocycles. The molecule has 3 atom stereocenters. The van der Waals surface area contributed by atoms with E-state index in [1.807, 2.05) is 30.8 Å². The van der Waals surface area contributed by atoms with Gasteiger partial charge in [0, 0.05) is 44.5 Å². The number of nitrogens with zero attached hydrogens (tertiary/aromatic N) is 2. The molecule has 7 nitrogen and oxygen atoms in total. The first-order chi connectivity index (χ1) is 12.4. The molecular weight excluding hydrogens is 352 g/mol. The molecule has 2 heterocycles. The number of carbonyl (C=O) groups excluding carboxylic acids is 3. The maximum atomic E-state index is 12.2. The van der Waals surface area contributed by atoms with Crippen LogP contribution in [0.2, 0.25) is 0 Å². The summed E-state index contributed by atoms with van der Waals surface area (Å²) in [6.07, 6.45) is 6.59. The lowest BCUT2D eigenvalue weighted by Crippen LogP contribution is -2.38. The van der Waals surface area contributed by atoms with Crippen molar-refractivity contribution in [2.45, 2.75) is 68.7 Å². The van der Waals surface area contributed by atoms with E-state index in [-0.39, 0.29) is 23.9 Å². The number of urea groups is 1. The lowest BCUT2D eigenvalue weighted by molar-refractivity contribution is -0.130. The van der Waals surface area contributed by atoms with Crippen molar-refractivity contribution in [3.8, 4) is 0 Å². The van der Waals surface area contributed by atoms with E-state index in [4.69, 9.17) is 5.73 Å². The summed E-state index contributed by atoms with van der Waals surface area (Å²) >= 11 is 1.94. The van der Waals surface area contributed by atoms with E-state index in [2.05, 4.69) is 5.32 Å². The van der Waals surface area contributed by atoms with Gasteiger partial charge in [0.2, 0.25) is 11.8 Å². The van der Waals surface area contributed by atoms with Crippen LogP contribution in [0.5, 0.6) is 0 Å². The minimum Gasteiger partial charge on any atom is -0.370 e. The summed E-state index contributed by atoms with van der Waals surface area (Å²) in [4.78, 5) is 38.2. The molecule has 0 aromatic rings. The van der Waals surface area contributed by atoms with Crippen molar-refractivity contribution in [1.82, 2.24) is 15.1 Å². The topological polar surface area (TPSA) is 95.7 Å². The normalized spacial score (nSPS) is 24.5. The number of likely N-dealkylation sites (N-methyl/N-ethyl adjacent to an activating group) is 1. The fraction of sp³-hybridized carbons (Fsp3) is 0.833. The highest BCUT2D eigenvalue weighted by Crippen LogP contribution is 2.36. The molecule has 0 spiro atoms. The molecule has 2 rings (SSSR count). The van der Waals surface area contributed by atoms with Crippen molar-refractivity contribution in [1.29, 1.82) is 0 Å². The van der Waals surface area contributed by atoms with Gasteiger partial charge in [-0.25, -0.2) is 4.79 Å². The first-order valence-electron chi connectivity index (χ1n) is 9.57. The molecule has 2 aliphatic rings. The van der Waals surface area contributed by atoms with E-state index in [1.54, 1.807) is 4.90 Å². The predicted octanol–water partition coefficient (Wildman–Crippen LogP) is 1.56. The Balaban J connectivity index is 1.55. The molecule has 0 unspecified atom stereocenters. The van der Waals surface area contributed by atoms with Crippen LogP contribution >= 0.6 is 11.8 Å². The molecule has 2 aliphatic heterocycles. The van der Waals surface area contributed by atoms with E-state index in [1.165, 1.54) is 0 Å². The van der Waals surface area contributed by atoms with Crippen LogP contribution in [0, 0.1) is 0 Å². The molecular formula is C18H32N4O3S. The number of nitrogens with two attached hydrogens (primary N) is 1. The number of amides is 4. The van der Waals surface area contributed by atoms with Crippen LogP contribution in [-0.4, -0.2) is 71.4 Å². The van der Waals surface area contributed by atoms with Gasteiger partial charge in [-0.1, -0.05) is 12.8 Å². The van der Waals surface area contributed by atoms with Gasteiger partial charge in [-0.3, -0.25) is 9.59 Å². The van der Waals surface area contributed by atoms with Crippen molar-refractivity contribution >= 4 is 29.6 Å². The second-order valence-electron chi connectivity index (χ2n) is 7.37. The Kier molecular flexibility index (Phi) is 8.06. The van der Waals surface area contributed by atoms with Gasteiger partial charge in [0.05, 0.1) is 12.1 Å². The zero-order valence-corrected chi connectivity index (χ0v) is 16.7. The summed E-state index contributed by atoms with van der Waals surface area (Å²) in [7, 11) is 3.72. The summed E-state index contributed by atoms with van der Waals surface area (Å²) in [5.41, 5.74) is 5.11. The van der Waals surface area contributed by atoms with E-state index in [0.717, 1.165) is 50.8 Å². The average molecular weight is 385 g/mol. The first kappa shape index (κ1) is 20.9. The van der Waals surface area contributed by atoms with Crippen LogP contribution in [0.3, 0.4) is 0 Å². The Labute approximate surface area is 160 Å². The molecule has 26 heavy (non-hydrogen) atoms. The quantitative estimate of drug-likeness (QED) is 0.417. The molecule has 0 aliphatic carbocycles. The molecule has 0 bridgehead atoms. The molecule has 148 valence electrons. The monoisotopic (exact) mass is 384 g/mol. The van der Waals surface area contributed by atoms with Gasteiger partial charge in [-0.2, -0.15) is 11.8 Å². The smallest absolute Gasteiger partial charge is 0.317 e. The summed E-state index contributed by atoms with van der Waals surface area (Å²) in [6.45, 7) is 0.735. The molecule has 3 N–H and O–H groups in total. The highest BCUT2D eigenvalue weighted by Gasteiger charge is 2.46. The van der Waals surface area contributed by atoms with Gasteiger partial charge in [-0.05, 0) is 25.7 Å². The molecule has 4 amide bonds. The SMILES string of the molecule is CN(CCCCCC(N)=O)C(=O)CCCC[C@@H]1SC[C@@H]2NC(=O)N(C)[C@@H]21. The number of hydrogen-bond acceptors (Lipinski definition) is 4. The van der Waals surface area contributed by atoms with Crippen molar-refractivity contribution in [3.05, 3.63) is 0 Å². The Morgan fingerprint density at radius 3 is 2.69 bits per heavy atom. The van der Waals surface area contributed by atoms with E-state index in [0.29, 0.717) is 24.1 Å². The lowest BCUT2D eigenvalue weighted by Gasteiger charge is -2.23. The van der Waals surface area contributed by atoms with Gasteiger partial charge in [0.15, 0.2) is 0 Å².